The van der Waals surface area contributed by atoms with Crippen LogP contribution in [0, 0.1) is 11.6 Å². The van der Waals surface area contributed by atoms with Crippen molar-refractivity contribution < 1.29 is 28.2 Å². The first-order valence-electron chi connectivity index (χ1n) is 5.78. The third-order valence-corrected chi connectivity index (χ3v) is 2.92. The summed E-state index contributed by atoms with van der Waals surface area (Å²) in [5.41, 5.74) is -0.492. The van der Waals surface area contributed by atoms with Crippen molar-refractivity contribution in [1.82, 2.24) is 9.78 Å². The average molecular weight is 298 g/mol. The molecule has 0 aliphatic carbocycles. The van der Waals surface area contributed by atoms with Gasteiger partial charge in [-0.1, -0.05) is 0 Å². The molecule has 1 aromatic carbocycles. The summed E-state index contributed by atoms with van der Waals surface area (Å²) >= 11 is 0. The zero-order chi connectivity index (χ0) is 15.7. The van der Waals surface area contributed by atoms with Gasteiger partial charge in [-0.25, -0.2) is 13.6 Å². The number of benzene rings is 1. The summed E-state index contributed by atoms with van der Waals surface area (Å²) in [6, 6.07) is 1.98. The minimum atomic E-state index is -1.28. The van der Waals surface area contributed by atoms with E-state index in [-0.39, 0.29) is 28.5 Å². The first-order valence-corrected chi connectivity index (χ1v) is 5.78. The molecule has 0 unspecified atom stereocenters. The molecule has 2 rings (SSSR count). The number of nitrogens with zero attached hydrogens (tertiary/aromatic N) is 2. The van der Waals surface area contributed by atoms with E-state index in [0.29, 0.717) is 0 Å². The molecule has 0 saturated carbocycles. The summed E-state index contributed by atoms with van der Waals surface area (Å²) in [5.74, 6) is -3.64. The van der Waals surface area contributed by atoms with Crippen LogP contribution >= 0.6 is 0 Å². The molecule has 0 fully saturated rings. The number of halogens is 2. The molecule has 0 saturated heterocycles. The van der Waals surface area contributed by atoms with Gasteiger partial charge < -0.3 is 14.6 Å². The minimum absolute atomic E-state index is 0.00975. The molecule has 1 aromatic heterocycles. The fraction of sp³-hybridized carbons (Fsp3) is 0.231. The average Bonchev–Trinajstić information content (AvgIpc) is 2.83. The van der Waals surface area contributed by atoms with Crippen LogP contribution in [0.4, 0.5) is 8.78 Å². The third kappa shape index (κ3) is 2.39. The summed E-state index contributed by atoms with van der Waals surface area (Å²) in [7, 11) is 3.97. The van der Waals surface area contributed by atoms with E-state index in [0.717, 1.165) is 16.8 Å². The summed E-state index contributed by atoms with van der Waals surface area (Å²) < 4.78 is 39.0. The van der Waals surface area contributed by atoms with Crippen LogP contribution in [0.3, 0.4) is 0 Å². The van der Waals surface area contributed by atoms with Gasteiger partial charge in [0.05, 0.1) is 25.5 Å². The Morgan fingerprint density at radius 1 is 1.29 bits per heavy atom. The minimum Gasteiger partial charge on any atom is -0.493 e. The quantitative estimate of drug-likeness (QED) is 0.935. The second-order valence-electron chi connectivity index (χ2n) is 4.13. The number of hydrogen-bond donors (Lipinski definition) is 1. The maximum atomic E-state index is 14.1. The Kier molecular flexibility index (Phi) is 3.79. The number of carbonyl (C=O) groups is 1. The van der Waals surface area contributed by atoms with Crippen LogP contribution in [0.25, 0.3) is 11.3 Å². The molecule has 6 nitrogen and oxygen atoms in total. The smallest absolute Gasteiger partial charge is 0.356 e. The highest BCUT2D eigenvalue weighted by Crippen LogP contribution is 2.41. The van der Waals surface area contributed by atoms with Crippen LogP contribution in [0.2, 0.25) is 0 Å². The molecule has 1 N–H and O–H groups in total. The van der Waals surface area contributed by atoms with Crippen molar-refractivity contribution in [2.75, 3.05) is 14.2 Å². The highest BCUT2D eigenvalue weighted by molar-refractivity contribution is 5.87. The van der Waals surface area contributed by atoms with Crippen molar-refractivity contribution in [1.29, 1.82) is 0 Å². The van der Waals surface area contributed by atoms with Crippen LogP contribution in [-0.2, 0) is 7.05 Å². The largest absolute Gasteiger partial charge is 0.493 e. The maximum absolute atomic E-state index is 14.1. The lowest BCUT2D eigenvalue weighted by Crippen LogP contribution is -2.03. The van der Waals surface area contributed by atoms with Crippen LogP contribution in [-0.4, -0.2) is 35.1 Å². The van der Waals surface area contributed by atoms with Gasteiger partial charge in [0.25, 0.3) is 0 Å². The summed E-state index contributed by atoms with van der Waals surface area (Å²) in [4.78, 5) is 10.9. The Hall–Kier alpha value is -2.64. The molecule has 8 heteroatoms. The number of ether oxygens (including phenoxy) is 2. The fourth-order valence-corrected chi connectivity index (χ4v) is 1.98. The number of aromatic nitrogens is 2. The highest BCUT2D eigenvalue weighted by Gasteiger charge is 2.25. The fourth-order valence-electron chi connectivity index (χ4n) is 1.98. The van der Waals surface area contributed by atoms with Gasteiger partial charge in [0.1, 0.15) is 0 Å². The van der Waals surface area contributed by atoms with Gasteiger partial charge in [0, 0.05) is 13.1 Å². The van der Waals surface area contributed by atoms with Crippen molar-refractivity contribution >= 4 is 5.97 Å². The standard InChI is InChI=1S/C13H12F2N2O4/c1-17-8(5-7(16-17)13(18)19)10-11(15)6(14)4-9(20-2)12(10)21-3/h4-5H,1-3H3,(H,18,19). The van der Waals surface area contributed by atoms with Crippen LogP contribution in [0.15, 0.2) is 12.1 Å². The molecule has 2 aromatic rings. The number of carboxylic acids is 1. The van der Waals surface area contributed by atoms with Gasteiger partial charge in [-0.2, -0.15) is 5.10 Å². The van der Waals surface area contributed by atoms with Crippen molar-refractivity contribution in [2.24, 2.45) is 7.05 Å². The van der Waals surface area contributed by atoms with E-state index in [4.69, 9.17) is 14.6 Å². The molecule has 0 atom stereocenters. The summed E-state index contributed by atoms with van der Waals surface area (Å²) in [6.07, 6.45) is 0. The zero-order valence-corrected chi connectivity index (χ0v) is 11.5. The van der Waals surface area contributed by atoms with Crippen LogP contribution < -0.4 is 9.47 Å². The van der Waals surface area contributed by atoms with E-state index in [9.17, 15) is 13.6 Å². The lowest BCUT2D eigenvalue weighted by Gasteiger charge is -2.14. The number of rotatable bonds is 4. The topological polar surface area (TPSA) is 73.6 Å². The molecule has 0 bridgehead atoms. The lowest BCUT2D eigenvalue weighted by molar-refractivity contribution is 0.0689. The maximum Gasteiger partial charge on any atom is 0.356 e. The van der Waals surface area contributed by atoms with Crippen LogP contribution in [0.5, 0.6) is 11.5 Å². The normalized spacial score (nSPS) is 10.5. The van der Waals surface area contributed by atoms with Gasteiger partial charge in [0.15, 0.2) is 28.8 Å². The molecule has 1 heterocycles. The van der Waals surface area contributed by atoms with Gasteiger partial charge in [-0.05, 0) is 6.07 Å². The number of hydrogen-bond acceptors (Lipinski definition) is 4. The Morgan fingerprint density at radius 3 is 2.43 bits per heavy atom. The van der Waals surface area contributed by atoms with Crippen molar-refractivity contribution in [2.45, 2.75) is 0 Å². The highest BCUT2D eigenvalue weighted by atomic mass is 19.2. The zero-order valence-electron chi connectivity index (χ0n) is 11.5. The molecule has 0 amide bonds. The molecular formula is C13H12F2N2O4. The monoisotopic (exact) mass is 298 g/mol. The molecule has 112 valence electrons. The number of methoxy groups -OCH3 is 2. The third-order valence-electron chi connectivity index (χ3n) is 2.92. The van der Waals surface area contributed by atoms with Gasteiger partial charge in [0.2, 0.25) is 0 Å². The molecular weight excluding hydrogens is 286 g/mol. The van der Waals surface area contributed by atoms with Gasteiger partial charge >= 0.3 is 5.97 Å². The van der Waals surface area contributed by atoms with E-state index in [1.807, 2.05) is 0 Å². The first-order chi connectivity index (χ1) is 9.90. The van der Waals surface area contributed by atoms with E-state index in [1.54, 1.807) is 0 Å². The van der Waals surface area contributed by atoms with Crippen molar-refractivity contribution in [3.8, 4) is 22.8 Å². The number of carboxylic acid groups (broad SMARTS) is 1. The molecule has 0 aliphatic rings. The van der Waals surface area contributed by atoms with Gasteiger partial charge in [-0.3, -0.25) is 4.68 Å². The van der Waals surface area contributed by atoms with Crippen molar-refractivity contribution in [3.05, 3.63) is 29.5 Å². The van der Waals surface area contributed by atoms with E-state index < -0.39 is 17.6 Å². The lowest BCUT2D eigenvalue weighted by atomic mass is 10.1. The first kappa shape index (κ1) is 14.8. The van der Waals surface area contributed by atoms with E-state index in [1.165, 1.54) is 21.3 Å². The number of aryl methyl sites for hydroxylation is 1. The van der Waals surface area contributed by atoms with E-state index >= 15 is 0 Å². The van der Waals surface area contributed by atoms with Gasteiger partial charge in [-0.15, -0.1) is 0 Å². The van der Waals surface area contributed by atoms with Crippen LogP contribution in [0.1, 0.15) is 10.5 Å². The molecule has 0 radical (unpaired) electrons. The van der Waals surface area contributed by atoms with Crippen molar-refractivity contribution in [3.63, 3.8) is 0 Å². The Bertz CT molecular complexity index is 713. The summed E-state index contributed by atoms with van der Waals surface area (Å²) in [6.45, 7) is 0. The summed E-state index contributed by atoms with van der Waals surface area (Å²) in [5, 5.41) is 12.6. The second kappa shape index (κ2) is 5.39. The van der Waals surface area contributed by atoms with E-state index in [2.05, 4.69) is 5.10 Å². The Morgan fingerprint density at radius 2 is 1.95 bits per heavy atom. The predicted molar refractivity (Wildman–Crippen MR) is 68.6 cm³/mol. The second-order valence-corrected chi connectivity index (χ2v) is 4.13. The molecule has 0 spiro atoms. The Labute approximate surface area is 118 Å². The molecule has 0 aliphatic heterocycles. The predicted octanol–water partition coefficient (Wildman–Crippen LogP) is 2.08. The molecule has 21 heavy (non-hydrogen) atoms. The Balaban J connectivity index is 2.79. The number of aromatic carboxylic acids is 1. The SMILES string of the molecule is COc1cc(F)c(F)c(-c2cc(C(=O)O)nn2C)c1OC.